The smallest absolute Gasteiger partial charge is 0.137 e. The van der Waals surface area contributed by atoms with Crippen molar-refractivity contribution >= 4 is 0 Å². The van der Waals surface area contributed by atoms with Gasteiger partial charge < -0.3 is 14.8 Å². The second kappa shape index (κ2) is 10.6. The molecule has 4 nitrogen and oxygen atoms in total. The highest BCUT2D eigenvalue weighted by molar-refractivity contribution is 5.26. The molecule has 1 aromatic heterocycles. The number of aromatic nitrogens is 1. The van der Waals surface area contributed by atoms with Gasteiger partial charge in [-0.05, 0) is 43.9 Å². The Bertz CT molecular complexity index is 358. The molecule has 0 aromatic carbocycles. The Balaban J connectivity index is 2.66. The predicted molar refractivity (Wildman–Crippen MR) is 82.2 cm³/mol. The zero-order chi connectivity index (χ0) is 14.6. The highest BCUT2D eigenvalue weighted by atomic mass is 16.5. The summed E-state index contributed by atoms with van der Waals surface area (Å²) in [4.78, 5) is 4.30. The van der Waals surface area contributed by atoms with Crippen LogP contribution in [0, 0.1) is 0 Å². The van der Waals surface area contributed by atoms with Gasteiger partial charge in [0.15, 0.2) is 0 Å². The molecule has 1 unspecified atom stereocenters. The number of hydrogen-bond donors (Lipinski definition) is 1. The van der Waals surface area contributed by atoms with E-state index in [0.29, 0.717) is 6.04 Å². The van der Waals surface area contributed by atoms with Gasteiger partial charge in [-0.25, -0.2) is 0 Å². The molecule has 0 bridgehead atoms. The van der Waals surface area contributed by atoms with Crippen LogP contribution >= 0.6 is 0 Å². The molecule has 1 N–H and O–H groups in total. The number of ether oxygens (including phenoxy) is 2. The highest BCUT2D eigenvalue weighted by Crippen LogP contribution is 2.22. The normalized spacial score (nSPS) is 12.3. The van der Waals surface area contributed by atoms with Crippen molar-refractivity contribution in [3.05, 3.63) is 24.0 Å². The van der Waals surface area contributed by atoms with Crippen molar-refractivity contribution < 1.29 is 9.47 Å². The summed E-state index contributed by atoms with van der Waals surface area (Å²) in [5.74, 6) is 0.861. The van der Waals surface area contributed by atoms with E-state index >= 15 is 0 Å². The van der Waals surface area contributed by atoms with Crippen LogP contribution in [-0.4, -0.2) is 31.9 Å². The molecule has 0 aliphatic heterocycles. The van der Waals surface area contributed by atoms with E-state index in [1.165, 1.54) is 5.56 Å². The third-order valence-corrected chi connectivity index (χ3v) is 3.09. The minimum atomic E-state index is 0.322. The lowest BCUT2D eigenvalue weighted by molar-refractivity contribution is 0.188. The Hall–Kier alpha value is -1.13. The summed E-state index contributed by atoms with van der Waals surface area (Å²) in [6.45, 7) is 6.83. The first kappa shape index (κ1) is 16.9. The number of pyridine rings is 1. The van der Waals surface area contributed by atoms with Gasteiger partial charge in [0.1, 0.15) is 5.75 Å². The molecule has 0 radical (unpaired) electrons. The first-order valence-electron chi connectivity index (χ1n) is 7.61. The SMILES string of the molecule is CCCNC(CCCOC)c1cncc(OCCC)c1. The van der Waals surface area contributed by atoms with Crippen molar-refractivity contribution in [3.8, 4) is 5.75 Å². The van der Waals surface area contributed by atoms with Gasteiger partial charge in [0.25, 0.3) is 0 Å². The maximum atomic E-state index is 5.66. The van der Waals surface area contributed by atoms with Crippen LogP contribution in [0.4, 0.5) is 0 Å². The summed E-state index contributed by atoms with van der Waals surface area (Å²) >= 11 is 0. The maximum Gasteiger partial charge on any atom is 0.137 e. The van der Waals surface area contributed by atoms with E-state index in [1.807, 2.05) is 6.20 Å². The fourth-order valence-corrected chi connectivity index (χ4v) is 2.06. The lowest BCUT2D eigenvalue weighted by Gasteiger charge is -2.19. The van der Waals surface area contributed by atoms with E-state index in [4.69, 9.17) is 9.47 Å². The summed E-state index contributed by atoms with van der Waals surface area (Å²) in [6.07, 6.45) is 7.94. The van der Waals surface area contributed by atoms with Crippen LogP contribution in [0.15, 0.2) is 18.5 Å². The summed E-state index contributed by atoms with van der Waals surface area (Å²) in [5.41, 5.74) is 1.20. The molecule has 0 saturated carbocycles. The molecule has 0 spiro atoms. The Morgan fingerprint density at radius 3 is 2.75 bits per heavy atom. The zero-order valence-electron chi connectivity index (χ0n) is 13.0. The average Bonchev–Trinajstić information content (AvgIpc) is 2.49. The molecule has 1 rings (SSSR count). The highest BCUT2D eigenvalue weighted by Gasteiger charge is 2.11. The fourth-order valence-electron chi connectivity index (χ4n) is 2.06. The van der Waals surface area contributed by atoms with Gasteiger partial charge in [0.2, 0.25) is 0 Å². The van der Waals surface area contributed by atoms with Gasteiger partial charge in [-0.1, -0.05) is 13.8 Å². The molecular weight excluding hydrogens is 252 g/mol. The van der Waals surface area contributed by atoms with Crippen molar-refractivity contribution in [2.45, 2.75) is 45.6 Å². The fraction of sp³-hybridized carbons (Fsp3) is 0.688. The van der Waals surface area contributed by atoms with E-state index in [-0.39, 0.29) is 0 Å². The summed E-state index contributed by atoms with van der Waals surface area (Å²) in [5, 5.41) is 3.58. The van der Waals surface area contributed by atoms with E-state index in [9.17, 15) is 0 Å². The molecule has 0 aliphatic carbocycles. The van der Waals surface area contributed by atoms with E-state index < -0.39 is 0 Å². The van der Waals surface area contributed by atoms with Crippen molar-refractivity contribution in [1.82, 2.24) is 10.3 Å². The van der Waals surface area contributed by atoms with Crippen LogP contribution in [0.2, 0.25) is 0 Å². The Morgan fingerprint density at radius 2 is 2.05 bits per heavy atom. The first-order chi connectivity index (χ1) is 9.81. The summed E-state index contributed by atoms with van der Waals surface area (Å²) in [7, 11) is 1.75. The minimum Gasteiger partial charge on any atom is -0.492 e. The van der Waals surface area contributed by atoms with E-state index in [1.54, 1.807) is 13.3 Å². The van der Waals surface area contributed by atoms with E-state index in [2.05, 4.69) is 30.2 Å². The van der Waals surface area contributed by atoms with Crippen molar-refractivity contribution in [1.29, 1.82) is 0 Å². The predicted octanol–water partition coefficient (Wildman–Crippen LogP) is 3.34. The number of nitrogens with zero attached hydrogens (tertiary/aromatic N) is 1. The molecule has 1 atom stereocenters. The quantitative estimate of drug-likeness (QED) is 0.631. The number of nitrogens with one attached hydrogen (secondary N) is 1. The number of rotatable bonds is 11. The molecule has 1 heterocycles. The molecule has 0 fully saturated rings. The van der Waals surface area contributed by atoms with Crippen LogP contribution in [0.1, 0.15) is 51.1 Å². The van der Waals surface area contributed by atoms with Crippen molar-refractivity contribution in [2.24, 2.45) is 0 Å². The second-order valence-corrected chi connectivity index (χ2v) is 4.94. The molecule has 0 aliphatic rings. The van der Waals surface area contributed by atoms with Crippen molar-refractivity contribution in [3.63, 3.8) is 0 Å². The molecule has 1 aromatic rings. The maximum absolute atomic E-state index is 5.66. The summed E-state index contributed by atoms with van der Waals surface area (Å²) < 4.78 is 10.8. The summed E-state index contributed by atoms with van der Waals surface area (Å²) in [6, 6.07) is 2.42. The van der Waals surface area contributed by atoms with Crippen LogP contribution < -0.4 is 10.1 Å². The largest absolute Gasteiger partial charge is 0.492 e. The van der Waals surface area contributed by atoms with Gasteiger partial charge in [0.05, 0.1) is 12.8 Å². The van der Waals surface area contributed by atoms with Crippen LogP contribution in [0.3, 0.4) is 0 Å². The Kier molecular flexibility index (Phi) is 9.00. The standard InChI is InChI=1S/C16H28N2O2/c1-4-8-18-16(7-6-10-19-3)14-11-15(13-17-12-14)20-9-5-2/h11-13,16,18H,4-10H2,1-3H3. The molecule has 0 amide bonds. The average molecular weight is 280 g/mol. The second-order valence-electron chi connectivity index (χ2n) is 4.94. The van der Waals surface area contributed by atoms with Gasteiger partial charge in [-0.3, -0.25) is 4.98 Å². The van der Waals surface area contributed by atoms with Gasteiger partial charge in [-0.2, -0.15) is 0 Å². The molecule has 0 saturated heterocycles. The van der Waals surface area contributed by atoms with Gasteiger partial charge >= 0.3 is 0 Å². The Morgan fingerprint density at radius 1 is 1.20 bits per heavy atom. The zero-order valence-corrected chi connectivity index (χ0v) is 13.0. The van der Waals surface area contributed by atoms with Gasteiger partial charge in [-0.15, -0.1) is 0 Å². The monoisotopic (exact) mass is 280 g/mol. The lowest BCUT2D eigenvalue weighted by Crippen LogP contribution is -2.22. The van der Waals surface area contributed by atoms with Crippen LogP contribution in [0.25, 0.3) is 0 Å². The molecular formula is C16H28N2O2. The third kappa shape index (κ3) is 6.35. The first-order valence-corrected chi connectivity index (χ1v) is 7.61. The number of methoxy groups -OCH3 is 1. The van der Waals surface area contributed by atoms with Crippen molar-refractivity contribution in [2.75, 3.05) is 26.9 Å². The molecule has 114 valence electrons. The third-order valence-electron chi connectivity index (χ3n) is 3.09. The van der Waals surface area contributed by atoms with E-state index in [0.717, 1.165) is 51.2 Å². The topological polar surface area (TPSA) is 43.4 Å². The Labute approximate surface area is 122 Å². The van der Waals surface area contributed by atoms with Crippen LogP contribution in [-0.2, 0) is 4.74 Å². The molecule has 4 heteroatoms. The minimum absolute atomic E-state index is 0.322. The lowest BCUT2D eigenvalue weighted by atomic mass is 10.0. The molecule has 20 heavy (non-hydrogen) atoms. The van der Waals surface area contributed by atoms with Crippen LogP contribution in [0.5, 0.6) is 5.75 Å². The van der Waals surface area contributed by atoms with Gasteiger partial charge in [0, 0.05) is 26.0 Å². The number of hydrogen-bond acceptors (Lipinski definition) is 4.